The third kappa shape index (κ3) is 3.35. The van der Waals surface area contributed by atoms with Crippen molar-refractivity contribution in [3.8, 4) is 0 Å². The number of amides is 1. The smallest absolute Gasteiger partial charge is 0.251 e. The minimum absolute atomic E-state index is 0.0355. The van der Waals surface area contributed by atoms with Gasteiger partial charge in [-0.05, 0) is 43.7 Å². The first-order valence-corrected chi connectivity index (χ1v) is 7.19. The number of hydrogen-bond donors (Lipinski definition) is 2. The zero-order valence-corrected chi connectivity index (χ0v) is 11.9. The van der Waals surface area contributed by atoms with Crippen LogP contribution in [0, 0.1) is 19.8 Å². The average Bonchev–Trinajstić information content (AvgIpc) is 2.37. The van der Waals surface area contributed by atoms with Gasteiger partial charge in [0.05, 0.1) is 0 Å². The van der Waals surface area contributed by atoms with Crippen molar-refractivity contribution < 1.29 is 4.79 Å². The Morgan fingerprint density at radius 3 is 2.53 bits per heavy atom. The molecule has 19 heavy (non-hydrogen) atoms. The Morgan fingerprint density at radius 2 is 1.89 bits per heavy atom. The number of aryl methyl sites for hydroxylation is 2. The fraction of sp³-hybridized carbons (Fsp3) is 0.562. The molecule has 2 unspecified atom stereocenters. The van der Waals surface area contributed by atoms with Gasteiger partial charge in [-0.15, -0.1) is 0 Å². The Labute approximate surface area is 115 Å². The molecule has 1 aliphatic carbocycles. The Hall–Kier alpha value is -1.35. The summed E-state index contributed by atoms with van der Waals surface area (Å²) in [5.74, 6) is 0.468. The summed E-state index contributed by atoms with van der Waals surface area (Å²) in [6.45, 7) is 4.66. The number of rotatable bonds is 3. The van der Waals surface area contributed by atoms with Gasteiger partial charge in [0.25, 0.3) is 5.91 Å². The number of hydrogen-bond acceptors (Lipinski definition) is 2. The molecule has 0 heterocycles. The van der Waals surface area contributed by atoms with Crippen LogP contribution in [-0.4, -0.2) is 18.5 Å². The van der Waals surface area contributed by atoms with Crippen molar-refractivity contribution in [3.63, 3.8) is 0 Å². The lowest BCUT2D eigenvalue weighted by Crippen LogP contribution is -2.41. The average molecular weight is 260 g/mol. The van der Waals surface area contributed by atoms with Gasteiger partial charge in [-0.2, -0.15) is 0 Å². The van der Waals surface area contributed by atoms with E-state index in [-0.39, 0.29) is 11.9 Å². The van der Waals surface area contributed by atoms with Crippen LogP contribution in [0.15, 0.2) is 18.2 Å². The fourth-order valence-electron chi connectivity index (χ4n) is 2.97. The van der Waals surface area contributed by atoms with Crippen molar-refractivity contribution in [1.82, 2.24) is 5.32 Å². The molecule has 0 aromatic heterocycles. The summed E-state index contributed by atoms with van der Waals surface area (Å²) >= 11 is 0. The van der Waals surface area contributed by atoms with E-state index in [0.717, 1.165) is 29.5 Å². The third-order valence-electron chi connectivity index (χ3n) is 4.20. The van der Waals surface area contributed by atoms with Crippen LogP contribution in [-0.2, 0) is 0 Å². The van der Waals surface area contributed by atoms with Crippen molar-refractivity contribution >= 4 is 5.91 Å². The van der Waals surface area contributed by atoms with E-state index >= 15 is 0 Å². The molecule has 1 aromatic carbocycles. The minimum Gasteiger partial charge on any atom is -0.352 e. The Bertz CT molecular complexity index is 436. The molecule has 1 fully saturated rings. The second-order valence-electron chi connectivity index (χ2n) is 5.69. The lowest BCUT2D eigenvalue weighted by molar-refractivity contribution is 0.0940. The molecular formula is C16H24N2O. The maximum atomic E-state index is 12.3. The van der Waals surface area contributed by atoms with Gasteiger partial charge in [0, 0.05) is 18.2 Å². The molecule has 1 saturated carbocycles. The van der Waals surface area contributed by atoms with Crippen LogP contribution in [0.1, 0.15) is 47.2 Å². The molecule has 0 radical (unpaired) electrons. The van der Waals surface area contributed by atoms with Gasteiger partial charge in [0.15, 0.2) is 0 Å². The summed E-state index contributed by atoms with van der Waals surface area (Å²) in [5.41, 5.74) is 8.99. The number of carbonyl (C=O) groups is 1. The second-order valence-corrected chi connectivity index (χ2v) is 5.69. The highest BCUT2D eigenvalue weighted by molar-refractivity contribution is 5.97. The van der Waals surface area contributed by atoms with Crippen LogP contribution in [0.4, 0.5) is 0 Å². The van der Waals surface area contributed by atoms with Gasteiger partial charge in [-0.3, -0.25) is 4.79 Å². The topological polar surface area (TPSA) is 55.1 Å². The molecule has 3 heteroatoms. The van der Waals surface area contributed by atoms with E-state index in [1.54, 1.807) is 0 Å². The zero-order valence-electron chi connectivity index (χ0n) is 11.9. The zero-order chi connectivity index (χ0) is 13.8. The Kier molecular flexibility index (Phi) is 4.59. The molecule has 3 nitrogen and oxygen atoms in total. The molecule has 0 aliphatic heterocycles. The van der Waals surface area contributed by atoms with Gasteiger partial charge in [0.1, 0.15) is 0 Å². The molecular weight excluding hydrogens is 236 g/mol. The van der Waals surface area contributed by atoms with E-state index in [1.807, 2.05) is 32.0 Å². The normalized spacial score (nSPS) is 23.1. The van der Waals surface area contributed by atoms with E-state index in [2.05, 4.69) is 5.32 Å². The van der Waals surface area contributed by atoms with Crippen LogP contribution in [0.2, 0.25) is 0 Å². The van der Waals surface area contributed by atoms with Crippen LogP contribution < -0.4 is 11.1 Å². The van der Waals surface area contributed by atoms with Crippen molar-refractivity contribution in [2.45, 2.75) is 45.6 Å². The maximum absolute atomic E-state index is 12.3. The highest BCUT2D eigenvalue weighted by atomic mass is 16.1. The fourth-order valence-corrected chi connectivity index (χ4v) is 2.97. The van der Waals surface area contributed by atoms with E-state index < -0.39 is 0 Å². The first-order valence-electron chi connectivity index (χ1n) is 7.19. The molecule has 1 aromatic rings. The van der Waals surface area contributed by atoms with Crippen molar-refractivity contribution in [1.29, 1.82) is 0 Å². The SMILES string of the molecule is Cc1cccc(C)c1C(=O)NCC1CCCCC1N. The van der Waals surface area contributed by atoms with Gasteiger partial charge < -0.3 is 11.1 Å². The first-order chi connectivity index (χ1) is 9.09. The maximum Gasteiger partial charge on any atom is 0.251 e. The molecule has 0 bridgehead atoms. The molecule has 0 spiro atoms. The van der Waals surface area contributed by atoms with Crippen LogP contribution in [0.25, 0.3) is 0 Å². The highest BCUT2D eigenvalue weighted by Crippen LogP contribution is 2.22. The molecule has 0 saturated heterocycles. The summed E-state index contributed by atoms with van der Waals surface area (Å²) < 4.78 is 0. The van der Waals surface area contributed by atoms with E-state index in [4.69, 9.17) is 5.73 Å². The highest BCUT2D eigenvalue weighted by Gasteiger charge is 2.22. The number of nitrogens with two attached hydrogens (primary N) is 1. The summed E-state index contributed by atoms with van der Waals surface area (Å²) in [5, 5.41) is 3.06. The predicted octanol–water partition coefficient (Wildman–Crippen LogP) is 2.55. The molecule has 2 atom stereocenters. The standard InChI is InChI=1S/C16H24N2O/c1-11-6-5-7-12(2)15(11)16(19)18-10-13-8-3-4-9-14(13)17/h5-7,13-14H,3-4,8-10,17H2,1-2H3,(H,18,19). The van der Waals surface area contributed by atoms with Gasteiger partial charge in [-0.25, -0.2) is 0 Å². The second kappa shape index (κ2) is 6.20. The van der Waals surface area contributed by atoms with E-state index in [9.17, 15) is 4.79 Å². The van der Waals surface area contributed by atoms with Crippen LogP contribution in [0.5, 0.6) is 0 Å². The molecule has 1 aliphatic rings. The van der Waals surface area contributed by atoms with Crippen LogP contribution >= 0.6 is 0 Å². The largest absolute Gasteiger partial charge is 0.352 e. The van der Waals surface area contributed by atoms with Crippen molar-refractivity contribution in [3.05, 3.63) is 34.9 Å². The van der Waals surface area contributed by atoms with Gasteiger partial charge in [-0.1, -0.05) is 31.0 Å². The Balaban J connectivity index is 1.97. The quantitative estimate of drug-likeness (QED) is 0.877. The van der Waals surface area contributed by atoms with Crippen LogP contribution in [0.3, 0.4) is 0 Å². The summed E-state index contributed by atoms with van der Waals surface area (Å²) in [6, 6.07) is 6.19. The predicted molar refractivity (Wildman–Crippen MR) is 78.2 cm³/mol. The number of nitrogens with one attached hydrogen (secondary N) is 1. The molecule has 2 rings (SSSR count). The van der Waals surface area contributed by atoms with Gasteiger partial charge >= 0.3 is 0 Å². The lowest BCUT2D eigenvalue weighted by atomic mass is 9.85. The lowest BCUT2D eigenvalue weighted by Gasteiger charge is -2.28. The Morgan fingerprint density at radius 1 is 1.26 bits per heavy atom. The van der Waals surface area contributed by atoms with Gasteiger partial charge in [0.2, 0.25) is 0 Å². The first kappa shape index (κ1) is 14.1. The molecule has 1 amide bonds. The number of carbonyl (C=O) groups excluding carboxylic acids is 1. The van der Waals surface area contributed by atoms with E-state index in [0.29, 0.717) is 12.5 Å². The van der Waals surface area contributed by atoms with Crippen molar-refractivity contribution in [2.75, 3.05) is 6.54 Å². The molecule has 104 valence electrons. The number of benzene rings is 1. The minimum atomic E-state index is 0.0355. The third-order valence-corrected chi connectivity index (χ3v) is 4.20. The van der Waals surface area contributed by atoms with Crippen molar-refractivity contribution in [2.24, 2.45) is 11.7 Å². The molecule has 3 N–H and O–H groups in total. The monoisotopic (exact) mass is 260 g/mol. The summed E-state index contributed by atoms with van der Waals surface area (Å²) in [7, 11) is 0. The van der Waals surface area contributed by atoms with E-state index in [1.165, 1.54) is 12.8 Å². The summed E-state index contributed by atoms with van der Waals surface area (Å²) in [6.07, 6.45) is 4.68. The summed E-state index contributed by atoms with van der Waals surface area (Å²) in [4.78, 5) is 12.3.